The van der Waals surface area contributed by atoms with E-state index in [9.17, 15) is 9.59 Å². The van der Waals surface area contributed by atoms with Crippen LogP contribution in [-0.2, 0) is 9.59 Å². The van der Waals surface area contributed by atoms with E-state index in [0.29, 0.717) is 6.42 Å². The molecule has 1 amide bonds. The Labute approximate surface area is 85.3 Å². The van der Waals surface area contributed by atoms with Crippen molar-refractivity contribution in [2.75, 3.05) is 0 Å². The van der Waals surface area contributed by atoms with Crippen LogP contribution in [0.3, 0.4) is 0 Å². The Balaban J connectivity index is 2.90. The van der Waals surface area contributed by atoms with Gasteiger partial charge in [0, 0.05) is 13.3 Å². The van der Waals surface area contributed by atoms with Crippen LogP contribution in [0.5, 0.6) is 0 Å². The molecule has 80 valence electrons. The van der Waals surface area contributed by atoms with Gasteiger partial charge in [-0.25, -0.2) is 0 Å². The van der Waals surface area contributed by atoms with Crippen LogP contribution in [0.15, 0.2) is 0 Å². The van der Waals surface area contributed by atoms with Gasteiger partial charge in [-0.1, -0.05) is 13.8 Å². The van der Waals surface area contributed by atoms with Crippen molar-refractivity contribution in [2.45, 2.75) is 52.5 Å². The quantitative estimate of drug-likeness (QED) is 0.745. The van der Waals surface area contributed by atoms with Crippen LogP contribution in [0, 0.1) is 5.41 Å². The van der Waals surface area contributed by atoms with E-state index in [2.05, 4.69) is 12.2 Å². The molecule has 1 fully saturated rings. The second kappa shape index (κ2) is 3.37. The van der Waals surface area contributed by atoms with E-state index in [4.69, 9.17) is 0 Å². The van der Waals surface area contributed by atoms with E-state index in [0.717, 1.165) is 12.8 Å². The molecule has 0 heterocycles. The normalized spacial score (nSPS) is 22.3. The molecule has 3 nitrogen and oxygen atoms in total. The van der Waals surface area contributed by atoms with Gasteiger partial charge in [0.05, 0.1) is 0 Å². The van der Waals surface area contributed by atoms with E-state index in [-0.39, 0.29) is 17.1 Å². The number of rotatable bonds is 4. The van der Waals surface area contributed by atoms with Crippen LogP contribution < -0.4 is 5.32 Å². The molecule has 0 aromatic carbocycles. The van der Waals surface area contributed by atoms with Crippen molar-refractivity contribution in [2.24, 2.45) is 5.41 Å². The Hall–Kier alpha value is -0.860. The Bertz CT molecular complexity index is 268. The Kier molecular flexibility index (Phi) is 2.70. The average Bonchev–Trinajstić information content (AvgIpc) is 2.82. The summed E-state index contributed by atoms with van der Waals surface area (Å²) in [5.41, 5.74) is -0.681. The first kappa shape index (κ1) is 11.2. The monoisotopic (exact) mass is 197 g/mol. The fourth-order valence-corrected chi connectivity index (χ4v) is 1.95. The third-order valence-electron chi connectivity index (χ3n) is 3.51. The lowest BCUT2D eigenvalue weighted by Crippen LogP contribution is -2.57. The van der Waals surface area contributed by atoms with Crippen molar-refractivity contribution in [1.82, 2.24) is 5.32 Å². The first-order valence-corrected chi connectivity index (χ1v) is 5.18. The van der Waals surface area contributed by atoms with E-state index < -0.39 is 5.54 Å². The molecule has 1 N–H and O–H groups in total. The van der Waals surface area contributed by atoms with Crippen LogP contribution in [0.1, 0.15) is 47.0 Å². The van der Waals surface area contributed by atoms with E-state index in [1.54, 1.807) is 0 Å². The van der Waals surface area contributed by atoms with E-state index in [1.165, 1.54) is 6.92 Å². The maximum absolute atomic E-state index is 11.8. The number of ketones is 1. The zero-order valence-corrected chi connectivity index (χ0v) is 9.44. The van der Waals surface area contributed by atoms with Gasteiger partial charge < -0.3 is 5.32 Å². The van der Waals surface area contributed by atoms with Crippen LogP contribution in [0.4, 0.5) is 0 Å². The van der Waals surface area contributed by atoms with Gasteiger partial charge in [-0.05, 0) is 25.2 Å². The van der Waals surface area contributed by atoms with Gasteiger partial charge in [0.2, 0.25) is 5.91 Å². The van der Waals surface area contributed by atoms with Crippen LogP contribution in [-0.4, -0.2) is 17.2 Å². The summed E-state index contributed by atoms with van der Waals surface area (Å²) in [4.78, 5) is 22.9. The Morgan fingerprint density at radius 1 is 1.43 bits per heavy atom. The molecule has 0 spiro atoms. The molecule has 1 rings (SSSR count). The average molecular weight is 197 g/mol. The zero-order chi connectivity index (χ0) is 11.0. The lowest BCUT2D eigenvalue weighted by atomic mass is 9.79. The summed E-state index contributed by atoms with van der Waals surface area (Å²) in [6.45, 7) is 7.23. The highest BCUT2D eigenvalue weighted by Gasteiger charge is 2.56. The number of amides is 1. The number of nitrogens with one attached hydrogen (secondary N) is 1. The lowest BCUT2D eigenvalue weighted by molar-refractivity contribution is -0.133. The topological polar surface area (TPSA) is 46.2 Å². The molecule has 0 radical (unpaired) electrons. The fraction of sp³-hybridized carbons (Fsp3) is 0.818. The van der Waals surface area contributed by atoms with Gasteiger partial charge in [0.1, 0.15) is 5.54 Å². The summed E-state index contributed by atoms with van der Waals surface area (Å²) in [7, 11) is 0. The van der Waals surface area contributed by atoms with Crippen molar-refractivity contribution in [3.05, 3.63) is 0 Å². The van der Waals surface area contributed by atoms with E-state index >= 15 is 0 Å². The molecular weight excluding hydrogens is 178 g/mol. The Morgan fingerprint density at radius 2 is 1.93 bits per heavy atom. The number of carbonyl (C=O) groups excluding carboxylic acids is 2. The van der Waals surface area contributed by atoms with Gasteiger partial charge in [0.25, 0.3) is 0 Å². The second-order valence-electron chi connectivity index (χ2n) is 4.64. The minimum absolute atomic E-state index is 0.0221. The SMILES string of the molecule is CCC(=O)[C@](C)(NC(C)=O)C1(C)CC1. The van der Waals surface area contributed by atoms with Gasteiger partial charge in [-0.3, -0.25) is 9.59 Å². The summed E-state index contributed by atoms with van der Waals surface area (Å²) in [6.07, 6.45) is 2.53. The summed E-state index contributed by atoms with van der Waals surface area (Å²) in [6, 6.07) is 0. The molecule has 1 atom stereocenters. The predicted octanol–water partition coefficient (Wildman–Crippen LogP) is 1.66. The molecule has 1 aliphatic rings. The van der Waals surface area contributed by atoms with Crippen molar-refractivity contribution in [3.8, 4) is 0 Å². The van der Waals surface area contributed by atoms with E-state index in [1.807, 2.05) is 13.8 Å². The second-order valence-corrected chi connectivity index (χ2v) is 4.64. The molecular formula is C11H19NO2. The van der Waals surface area contributed by atoms with Crippen molar-refractivity contribution in [1.29, 1.82) is 0 Å². The number of hydrogen-bond acceptors (Lipinski definition) is 2. The lowest BCUT2D eigenvalue weighted by Gasteiger charge is -2.35. The first-order valence-electron chi connectivity index (χ1n) is 5.18. The highest BCUT2D eigenvalue weighted by molar-refractivity contribution is 5.93. The molecule has 0 aromatic rings. The maximum Gasteiger partial charge on any atom is 0.217 e. The maximum atomic E-state index is 11.8. The summed E-state index contributed by atoms with van der Waals surface area (Å²) >= 11 is 0. The Morgan fingerprint density at radius 3 is 2.21 bits per heavy atom. The smallest absolute Gasteiger partial charge is 0.217 e. The predicted molar refractivity (Wildman–Crippen MR) is 54.9 cm³/mol. The van der Waals surface area contributed by atoms with Crippen LogP contribution in [0.25, 0.3) is 0 Å². The van der Waals surface area contributed by atoms with Crippen molar-refractivity contribution >= 4 is 11.7 Å². The van der Waals surface area contributed by atoms with Gasteiger partial charge in [0.15, 0.2) is 5.78 Å². The van der Waals surface area contributed by atoms with Gasteiger partial charge >= 0.3 is 0 Å². The van der Waals surface area contributed by atoms with Crippen molar-refractivity contribution < 1.29 is 9.59 Å². The summed E-state index contributed by atoms with van der Waals surface area (Å²) in [5, 5.41) is 2.82. The minimum atomic E-state index is -0.659. The summed E-state index contributed by atoms with van der Waals surface area (Å²) in [5.74, 6) is 0.00938. The molecule has 14 heavy (non-hydrogen) atoms. The molecule has 1 saturated carbocycles. The zero-order valence-electron chi connectivity index (χ0n) is 9.44. The van der Waals surface area contributed by atoms with Gasteiger partial charge in [-0.2, -0.15) is 0 Å². The van der Waals surface area contributed by atoms with Crippen LogP contribution >= 0.6 is 0 Å². The minimum Gasteiger partial charge on any atom is -0.344 e. The van der Waals surface area contributed by atoms with Gasteiger partial charge in [-0.15, -0.1) is 0 Å². The number of hydrogen-bond donors (Lipinski definition) is 1. The standard InChI is InChI=1S/C11H19NO2/c1-5-9(14)11(4,12-8(2)13)10(3)6-7-10/h5-7H2,1-4H3,(H,12,13)/t11-/m0/s1. The molecule has 0 aliphatic heterocycles. The fourth-order valence-electron chi connectivity index (χ4n) is 1.95. The first-order chi connectivity index (χ1) is 6.35. The number of Topliss-reactive ketones (excluding diaryl/α,β-unsaturated/α-hetero) is 1. The third kappa shape index (κ3) is 1.68. The highest BCUT2D eigenvalue weighted by atomic mass is 16.2. The molecule has 3 heteroatoms. The largest absolute Gasteiger partial charge is 0.344 e. The van der Waals surface area contributed by atoms with Crippen molar-refractivity contribution in [3.63, 3.8) is 0 Å². The molecule has 0 bridgehead atoms. The molecule has 1 aliphatic carbocycles. The molecule has 0 saturated heterocycles. The third-order valence-corrected chi connectivity index (χ3v) is 3.51. The van der Waals surface area contributed by atoms with Crippen LogP contribution in [0.2, 0.25) is 0 Å². The highest BCUT2D eigenvalue weighted by Crippen LogP contribution is 2.54. The number of carbonyl (C=O) groups is 2. The summed E-state index contributed by atoms with van der Waals surface area (Å²) < 4.78 is 0. The molecule has 0 aromatic heterocycles. The molecule has 0 unspecified atom stereocenters.